The van der Waals surface area contributed by atoms with Gasteiger partial charge in [0, 0.05) is 30.9 Å². The third-order valence-corrected chi connectivity index (χ3v) is 5.15. The smallest absolute Gasteiger partial charge is 0.244 e. The monoisotopic (exact) mass is 386 g/mol. The Morgan fingerprint density at radius 3 is 2.48 bits per heavy atom. The van der Waals surface area contributed by atoms with E-state index in [9.17, 15) is 4.79 Å². The molecule has 29 heavy (non-hydrogen) atoms. The molecule has 1 fully saturated rings. The molecule has 1 saturated heterocycles. The Labute approximate surface area is 171 Å². The molecule has 1 aromatic heterocycles. The first-order valence-electron chi connectivity index (χ1n) is 10.1. The van der Waals surface area contributed by atoms with Gasteiger partial charge < -0.3 is 5.32 Å². The van der Waals surface area contributed by atoms with Crippen LogP contribution in [0.4, 0.5) is 0 Å². The van der Waals surface area contributed by atoms with E-state index in [0.717, 1.165) is 23.4 Å². The lowest BCUT2D eigenvalue weighted by atomic mass is 10.1. The topological polar surface area (TPSA) is 50.2 Å². The summed E-state index contributed by atoms with van der Waals surface area (Å²) in [5.41, 5.74) is 4.31. The molecule has 0 saturated carbocycles. The zero-order chi connectivity index (χ0) is 19.9. The van der Waals surface area contributed by atoms with Crippen LogP contribution in [0.2, 0.25) is 0 Å². The van der Waals surface area contributed by atoms with Gasteiger partial charge in [0.05, 0.1) is 11.9 Å². The van der Waals surface area contributed by atoms with Gasteiger partial charge in [-0.1, -0.05) is 42.5 Å². The molecule has 1 aliphatic rings. The van der Waals surface area contributed by atoms with E-state index < -0.39 is 0 Å². The van der Waals surface area contributed by atoms with Crippen LogP contribution in [0.15, 0.2) is 73.1 Å². The first kappa shape index (κ1) is 19.2. The second kappa shape index (κ2) is 9.34. The summed E-state index contributed by atoms with van der Waals surface area (Å²) < 4.78 is 1.79. The van der Waals surface area contributed by atoms with Crippen LogP contribution in [0.5, 0.6) is 0 Å². The molecule has 0 bridgehead atoms. The number of hydrogen-bond acceptors (Lipinski definition) is 3. The first-order chi connectivity index (χ1) is 14.3. The second-order valence-corrected chi connectivity index (χ2v) is 7.40. The van der Waals surface area contributed by atoms with Gasteiger partial charge in [-0.15, -0.1) is 0 Å². The summed E-state index contributed by atoms with van der Waals surface area (Å²) in [7, 11) is 0. The van der Waals surface area contributed by atoms with Crippen molar-refractivity contribution in [3.05, 3.63) is 89.8 Å². The first-order valence-corrected chi connectivity index (χ1v) is 10.1. The summed E-state index contributed by atoms with van der Waals surface area (Å²) in [5, 5.41) is 7.27. The average Bonchev–Trinajstić information content (AvgIpc) is 3.45. The van der Waals surface area contributed by atoms with Crippen molar-refractivity contribution >= 4 is 12.0 Å². The molecule has 4 rings (SSSR count). The van der Waals surface area contributed by atoms with Crippen molar-refractivity contribution in [3.8, 4) is 5.69 Å². The average molecular weight is 386 g/mol. The summed E-state index contributed by atoms with van der Waals surface area (Å²) in [4.78, 5) is 14.6. The van der Waals surface area contributed by atoms with Gasteiger partial charge in [-0.25, -0.2) is 4.68 Å². The summed E-state index contributed by atoms with van der Waals surface area (Å²) in [5.74, 6) is -0.112. The maximum atomic E-state index is 12.1. The van der Waals surface area contributed by atoms with E-state index in [-0.39, 0.29) is 5.91 Å². The molecule has 0 aliphatic carbocycles. The van der Waals surface area contributed by atoms with Crippen LogP contribution in [0, 0.1) is 0 Å². The minimum atomic E-state index is -0.112. The van der Waals surface area contributed by atoms with Crippen LogP contribution < -0.4 is 5.32 Å². The summed E-state index contributed by atoms with van der Waals surface area (Å²) in [6.07, 6.45) is 9.60. The number of hydrogen-bond donors (Lipinski definition) is 1. The van der Waals surface area contributed by atoms with Gasteiger partial charge in [0.15, 0.2) is 0 Å². The molecule has 1 N–H and O–H groups in total. The number of nitrogens with zero attached hydrogens (tertiary/aromatic N) is 3. The lowest BCUT2D eigenvalue weighted by molar-refractivity contribution is -0.116. The molecular formula is C24H26N4O. The normalized spacial score (nSPS) is 14.5. The minimum absolute atomic E-state index is 0.112. The van der Waals surface area contributed by atoms with E-state index in [4.69, 9.17) is 0 Å². The van der Waals surface area contributed by atoms with Crippen molar-refractivity contribution in [1.29, 1.82) is 0 Å². The maximum Gasteiger partial charge on any atom is 0.244 e. The Balaban J connectivity index is 1.26. The summed E-state index contributed by atoms with van der Waals surface area (Å²) in [6, 6.07) is 18.4. The lowest BCUT2D eigenvalue weighted by Crippen LogP contribution is -2.20. The third-order valence-electron chi connectivity index (χ3n) is 5.15. The van der Waals surface area contributed by atoms with E-state index in [1.54, 1.807) is 23.0 Å². The van der Waals surface area contributed by atoms with Gasteiger partial charge in [0.25, 0.3) is 0 Å². The zero-order valence-electron chi connectivity index (χ0n) is 16.5. The molecule has 1 aliphatic heterocycles. The van der Waals surface area contributed by atoms with Gasteiger partial charge in [-0.2, -0.15) is 5.10 Å². The highest BCUT2D eigenvalue weighted by atomic mass is 16.1. The number of likely N-dealkylation sites (tertiary alicyclic amines) is 1. The Kier molecular flexibility index (Phi) is 6.17. The molecular weight excluding hydrogens is 360 g/mol. The molecule has 5 nitrogen and oxygen atoms in total. The number of amides is 1. The van der Waals surface area contributed by atoms with Crippen molar-refractivity contribution in [2.75, 3.05) is 13.1 Å². The van der Waals surface area contributed by atoms with Crippen LogP contribution in [0.25, 0.3) is 11.8 Å². The van der Waals surface area contributed by atoms with Crippen LogP contribution >= 0.6 is 0 Å². The van der Waals surface area contributed by atoms with Gasteiger partial charge in [-0.3, -0.25) is 9.69 Å². The third kappa shape index (κ3) is 5.42. The summed E-state index contributed by atoms with van der Waals surface area (Å²) >= 11 is 0. The van der Waals surface area contributed by atoms with Gasteiger partial charge in [0.1, 0.15) is 0 Å². The fourth-order valence-corrected chi connectivity index (χ4v) is 3.53. The Morgan fingerprint density at radius 2 is 1.72 bits per heavy atom. The number of carbonyl (C=O) groups excluding carboxylic acids is 1. The number of benzene rings is 2. The van der Waals surface area contributed by atoms with Crippen LogP contribution in [-0.2, 0) is 17.9 Å². The molecule has 5 heteroatoms. The molecule has 2 aromatic carbocycles. The van der Waals surface area contributed by atoms with Crippen molar-refractivity contribution < 1.29 is 4.79 Å². The number of aromatic nitrogens is 2. The predicted octanol–water partition coefficient (Wildman–Crippen LogP) is 3.80. The minimum Gasteiger partial charge on any atom is -0.348 e. The molecule has 1 amide bonds. The summed E-state index contributed by atoms with van der Waals surface area (Å²) in [6.45, 7) is 3.95. The van der Waals surface area contributed by atoms with Crippen molar-refractivity contribution in [3.63, 3.8) is 0 Å². The molecule has 2 heterocycles. The highest BCUT2D eigenvalue weighted by molar-refractivity contribution is 5.91. The lowest BCUT2D eigenvalue weighted by Gasteiger charge is -2.14. The number of carbonyl (C=O) groups is 1. The Bertz CT molecular complexity index is 954. The Hall–Kier alpha value is -3.18. The molecule has 3 aromatic rings. The van der Waals surface area contributed by atoms with Gasteiger partial charge >= 0.3 is 0 Å². The van der Waals surface area contributed by atoms with E-state index in [0.29, 0.717) is 6.54 Å². The number of para-hydroxylation sites is 1. The molecule has 0 atom stereocenters. The zero-order valence-corrected chi connectivity index (χ0v) is 16.5. The Morgan fingerprint density at radius 1 is 1.00 bits per heavy atom. The van der Waals surface area contributed by atoms with Gasteiger partial charge in [-0.05, 0) is 55.3 Å². The fraction of sp³-hybridized carbons (Fsp3) is 0.250. The fourth-order valence-electron chi connectivity index (χ4n) is 3.53. The van der Waals surface area contributed by atoms with E-state index >= 15 is 0 Å². The van der Waals surface area contributed by atoms with Crippen molar-refractivity contribution in [2.24, 2.45) is 0 Å². The molecule has 0 radical (unpaired) electrons. The van der Waals surface area contributed by atoms with Crippen LogP contribution in [-0.4, -0.2) is 33.7 Å². The molecule has 0 unspecified atom stereocenters. The van der Waals surface area contributed by atoms with Crippen LogP contribution in [0.3, 0.4) is 0 Å². The maximum absolute atomic E-state index is 12.1. The van der Waals surface area contributed by atoms with Gasteiger partial charge in [0.2, 0.25) is 5.91 Å². The highest BCUT2D eigenvalue weighted by Crippen LogP contribution is 2.13. The SMILES string of the molecule is O=C(C=Cc1cnn(-c2ccccc2)c1)NCc1ccc(CN2CCCC2)cc1. The second-order valence-electron chi connectivity index (χ2n) is 7.40. The van der Waals surface area contributed by atoms with E-state index in [1.165, 1.54) is 31.5 Å². The highest BCUT2D eigenvalue weighted by Gasteiger charge is 2.11. The van der Waals surface area contributed by atoms with Crippen molar-refractivity contribution in [1.82, 2.24) is 20.0 Å². The largest absolute Gasteiger partial charge is 0.348 e. The van der Waals surface area contributed by atoms with Crippen LogP contribution in [0.1, 0.15) is 29.5 Å². The molecule has 0 spiro atoms. The van der Waals surface area contributed by atoms with E-state index in [1.807, 2.05) is 36.5 Å². The number of rotatable bonds is 7. The molecule has 148 valence electrons. The predicted molar refractivity (Wildman–Crippen MR) is 115 cm³/mol. The number of nitrogens with one attached hydrogen (secondary N) is 1. The standard InChI is InChI=1S/C24H26N4O/c29-24(13-12-22-17-26-28(19-22)23-6-2-1-3-7-23)25-16-20-8-10-21(11-9-20)18-27-14-4-5-15-27/h1-3,6-13,17,19H,4-5,14-16,18H2,(H,25,29). The van der Waals surface area contributed by atoms with E-state index in [2.05, 4.69) is 39.6 Å². The quantitative estimate of drug-likeness (QED) is 0.629. The van der Waals surface area contributed by atoms with Crippen molar-refractivity contribution in [2.45, 2.75) is 25.9 Å².